The number of nitro benzene ring substituents is 1. The van der Waals surface area contributed by atoms with E-state index in [1.807, 2.05) is 0 Å². The largest absolute Gasteiger partial charge is 0.479 e. The second-order valence-corrected chi connectivity index (χ2v) is 3.91. The number of nitrogens with zero attached hydrogens (tertiary/aromatic N) is 4. The number of nitro groups is 1. The van der Waals surface area contributed by atoms with Crippen LogP contribution in [0.15, 0.2) is 24.5 Å². The molecule has 2 aromatic rings. The highest BCUT2D eigenvalue weighted by Crippen LogP contribution is 2.28. The van der Waals surface area contributed by atoms with Crippen molar-refractivity contribution in [3.05, 3.63) is 46.0 Å². The van der Waals surface area contributed by atoms with Crippen LogP contribution in [0.5, 0.6) is 5.75 Å². The molecular formula is C11H13N5O3. The van der Waals surface area contributed by atoms with E-state index in [4.69, 9.17) is 10.5 Å². The molecule has 0 spiro atoms. The second kappa shape index (κ2) is 5.44. The smallest absolute Gasteiger partial charge is 0.310 e. The zero-order chi connectivity index (χ0) is 13.8. The Morgan fingerprint density at radius 2 is 2.32 bits per heavy atom. The van der Waals surface area contributed by atoms with Gasteiger partial charge in [-0.2, -0.15) is 0 Å². The Labute approximate surface area is 109 Å². The minimum absolute atomic E-state index is 0.0978. The quantitative estimate of drug-likeness (QED) is 0.630. The van der Waals surface area contributed by atoms with Crippen LogP contribution < -0.4 is 10.5 Å². The lowest BCUT2D eigenvalue weighted by Gasteiger charge is -2.07. The van der Waals surface area contributed by atoms with Crippen molar-refractivity contribution < 1.29 is 9.66 Å². The second-order valence-electron chi connectivity index (χ2n) is 3.91. The van der Waals surface area contributed by atoms with Crippen molar-refractivity contribution in [1.82, 2.24) is 14.8 Å². The van der Waals surface area contributed by atoms with Gasteiger partial charge in [0.1, 0.15) is 12.9 Å². The van der Waals surface area contributed by atoms with Gasteiger partial charge in [-0.25, -0.2) is 0 Å². The summed E-state index contributed by atoms with van der Waals surface area (Å²) in [7, 11) is 1.77. The molecule has 0 fully saturated rings. The predicted molar refractivity (Wildman–Crippen MR) is 66.3 cm³/mol. The number of hydrogen-bond donors (Lipinski definition) is 1. The van der Waals surface area contributed by atoms with Gasteiger partial charge in [0.2, 0.25) is 0 Å². The van der Waals surface area contributed by atoms with Crippen LogP contribution in [0.4, 0.5) is 5.69 Å². The van der Waals surface area contributed by atoms with Gasteiger partial charge in [0.05, 0.1) is 4.92 Å². The molecule has 2 N–H and O–H groups in total. The number of benzene rings is 1. The van der Waals surface area contributed by atoms with E-state index in [1.54, 1.807) is 23.7 Å². The molecule has 0 amide bonds. The summed E-state index contributed by atoms with van der Waals surface area (Å²) in [5.41, 5.74) is 6.17. The van der Waals surface area contributed by atoms with Gasteiger partial charge in [-0.1, -0.05) is 6.07 Å². The SMILES string of the molecule is Cn1cnnc1COc1cc(CN)ccc1[N+](=O)[O-]. The van der Waals surface area contributed by atoms with E-state index in [9.17, 15) is 10.1 Å². The minimum Gasteiger partial charge on any atom is -0.479 e. The molecule has 0 bridgehead atoms. The van der Waals surface area contributed by atoms with E-state index >= 15 is 0 Å². The molecule has 19 heavy (non-hydrogen) atoms. The van der Waals surface area contributed by atoms with Gasteiger partial charge in [0, 0.05) is 19.7 Å². The Balaban J connectivity index is 2.22. The summed E-state index contributed by atoms with van der Waals surface area (Å²) in [4.78, 5) is 10.4. The maximum atomic E-state index is 10.9. The number of rotatable bonds is 5. The fourth-order valence-electron chi connectivity index (χ4n) is 1.53. The van der Waals surface area contributed by atoms with E-state index < -0.39 is 4.92 Å². The zero-order valence-electron chi connectivity index (χ0n) is 10.3. The lowest BCUT2D eigenvalue weighted by Crippen LogP contribution is -2.05. The van der Waals surface area contributed by atoms with Crippen LogP contribution in [-0.2, 0) is 20.2 Å². The van der Waals surface area contributed by atoms with Crippen LogP contribution in [0.2, 0.25) is 0 Å². The molecule has 0 atom stereocenters. The molecule has 8 heteroatoms. The van der Waals surface area contributed by atoms with Gasteiger partial charge in [0.15, 0.2) is 11.6 Å². The highest BCUT2D eigenvalue weighted by atomic mass is 16.6. The van der Waals surface area contributed by atoms with Crippen LogP contribution in [0.3, 0.4) is 0 Å². The highest BCUT2D eigenvalue weighted by molar-refractivity contribution is 5.48. The van der Waals surface area contributed by atoms with Crippen molar-refractivity contribution in [2.45, 2.75) is 13.2 Å². The van der Waals surface area contributed by atoms with Gasteiger partial charge in [-0.05, 0) is 11.6 Å². The lowest BCUT2D eigenvalue weighted by molar-refractivity contribution is -0.386. The minimum atomic E-state index is -0.494. The molecule has 1 heterocycles. The molecule has 1 aromatic carbocycles. The average Bonchev–Trinajstić information content (AvgIpc) is 2.81. The lowest BCUT2D eigenvalue weighted by atomic mass is 10.2. The number of aromatic nitrogens is 3. The molecule has 0 aliphatic carbocycles. The fourth-order valence-corrected chi connectivity index (χ4v) is 1.53. The van der Waals surface area contributed by atoms with Crippen LogP contribution in [0.1, 0.15) is 11.4 Å². The average molecular weight is 263 g/mol. The van der Waals surface area contributed by atoms with Crippen molar-refractivity contribution in [2.24, 2.45) is 12.8 Å². The predicted octanol–water partition coefficient (Wildman–Crippen LogP) is 0.761. The summed E-state index contributed by atoms with van der Waals surface area (Å²) in [6, 6.07) is 4.55. The zero-order valence-corrected chi connectivity index (χ0v) is 10.3. The standard InChI is InChI=1S/C11H13N5O3/c1-15-7-13-14-11(15)6-19-10-4-8(5-12)2-3-9(10)16(17)18/h2-4,7H,5-6,12H2,1H3. The Bertz CT molecular complexity index is 596. The third kappa shape index (κ3) is 2.86. The fraction of sp³-hybridized carbons (Fsp3) is 0.273. The summed E-state index contributed by atoms with van der Waals surface area (Å²) >= 11 is 0. The maximum absolute atomic E-state index is 10.9. The summed E-state index contributed by atoms with van der Waals surface area (Å²) in [6.07, 6.45) is 1.53. The normalized spacial score (nSPS) is 10.4. The first-order chi connectivity index (χ1) is 9.11. The van der Waals surface area contributed by atoms with Crippen molar-refractivity contribution >= 4 is 5.69 Å². The van der Waals surface area contributed by atoms with Gasteiger partial charge in [0.25, 0.3) is 0 Å². The molecule has 8 nitrogen and oxygen atoms in total. The number of aryl methyl sites for hydroxylation is 1. The molecule has 0 saturated carbocycles. The summed E-state index contributed by atoms with van der Waals surface area (Å²) < 4.78 is 7.12. The van der Waals surface area contributed by atoms with Crippen molar-refractivity contribution in [3.63, 3.8) is 0 Å². The summed E-state index contributed by atoms with van der Waals surface area (Å²) in [6.45, 7) is 0.393. The van der Waals surface area contributed by atoms with Gasteiger partial charge >= 0.3 is 5.69 Å². The molecular weight excluding hydrogens is 250 g/mol. The van der Waals surface area contributed by atoms with Gasteiger partial charge in [-0.15, -0.1) is 10.2 Å². The molecule has 0 aliphatic rings. The molecule has 100 valence electrons. The topological polar surface area (TPSA) is 109 Å². The molecule has 0 saturated heterocycles. The number of nitrogens with two attached hydrogens (primary N) is 1. The van der Waals surface area contributed by atoms with E-state index in [2.05, 4.69) is 10.2 Å². The monoisotopic (exact) mass is 263 g/mol. The third-order valence-corrected chi connectivity index (χ3v) is 2.62. The first-order valence-corrected chi connectivity index (χ1v) is 5.55. The van der Waals surface area contributed by atoms with Gasteiger partial charge < -0.3 is 15.0 Å². The molecule has 0 unspecified atom stereocenters. The maximum Gasteiger partial charge on any atom is 0.310 e. The van der Waals surface area contributed by atoms with Crippen LogP contribution >= 0.6 is 0 Å². The van der Waals surface area contributed by atoms with E-state index in [-0.39, 0.29) is 24.6 Å². The molecule has 2 rings (SSSR count). The Morgan fingerprint density at radius 3 is 2.89 bits per heavy atom. The Kier molecular flexibility index (Phi) is 3.71. The van der Waals surface area contributed by atoms with E-state index in [0.717, 1.165) is 5.56 Å². The van der Waals surface area contributed by atoms with Crippen LogP contribution in [0.25, 0.3) is 0 Å². The van der Waals surface area contributed by atoms with Crippen molar-refractivity contribution in [2.75, 3.05) is 0 Å². The summed E-state index contributed by atoms with van der Waals surface area (Å²) in [5.74, 6) is 0.753. The Morgan fingerprint density at radius 1 is 1.53 bits per heavy atom. The van der Waals surface area contributed by atoms with E-state index in [0.29, 0.717) is 5.82 Å². The Hall–Kier alpha value is -2.48. The first-order valence-electron chi connectivity index (χ1n) is 5.55. The molecule has 0 radical (unpaired) electrons. The van der Waals surface area contributed by atoms with E-state index in [1.165, 1.54) is 12.4 Å². The van der Waals surface area contributed by atoms with Gasteiger partial charge in [-0.3, -0.25) is 10.1 Å². The highest BCUT2D eigenvalue weighted by Gasteiger charge is 2.16. The van der Waals surface area contributed by atoms with Crippen LogP contribution in [0, 0.1) is 10.1 Å². The molecule has 0 aliphatic heterocycles. The van der Waals surface area contributed by atoms with Crippen LogP contribution in [-0.4, -0.2) is 19.7 Å². The summed E-state index contributed by atoms with van der Waals surface area (Å²) in [5, 5.41) is 18.5. The van der Waals surface area contributed by atoms with Crippen molar-refractivity contribution in [1.29, 1.82) is 0 Å². The third-order valence-electron chi connectivity index (χ3n) is 2.62. The van der Waals surface area contributed by atoms with Crippen molar-refractivity contribution in [3.8, 4) is 5.75 Å². The molecule has 1 aromatic heterocycles. The first kappa shape index (κ1) is 13.0. The number of hydrogen-bond acceptors (Lipinski definition) is 6. The number of ether oxygens (including phenoxy) is 1.